The van der Waals surface area contributed by atoms with E-state index in [1.807, 2.05) is 0 Å². The lowest BCUT2D eigenvalue weighted by Gasteiger charge is -2.00. The minimum atomic E-state index is -0.898. The van der Waals surface area contributed by atoms with Gasteiger partial charge in [-0.3, -0.25) is 14.2 Å². The summed E-state index contributed by atoms with van der Waals surface area (Å²) >= 11 is 5.35. The first-order valence-electron chi connectivity index (χ1n) is 4.46. The number of hydrogen-bond donors (Lipinski definition) is 0. The molecule has 1 heterocycles. The molecule has 0 radical (unpaired) electrons. The standard InChI is InChI=1S/C8H8ClN3O5/c1-3-15-6(14)5(4(2)13)11-16-8-10-7(9)12-17-8/h3H2,1-2H3. The van der Waals surface area contributed by atoms with Crippen molar-refractivity contribution in [3.8, 4) is 6.08 Å². The van der Waals surface area contributed by atoms with Gasteiger partial charge in [0.15, 0.2) is 5.78 Å². The van der Waals surface area contributed by atoms with Crippen LogP contribution in [-0.4, -0.2) is 34.2 Å². The largest absolute Gasteiger partial charge is 0.461 e. The molecule has 0 aromatic carbocycles. The fourth-order valence-corrected chi connectivity index (χ4v) is 0.863. The molecule has 0 N–H and O–H groups in total. The molecule has 0 spiro atoms. The van der Waals surface area contributed by atoms with E-state index in [2.05, 4.69) is 29.4 Å². The first kappa shape index (κ1) is 13.1. The Balaban J connectivity index is 2.77. The summed E-state index contributed by atoms with van der Waals surface area (Å²) in [7, 11) is 0. The lowest BCUT2D eigenvalue weighted by Crippen LogP contribution is -2.25. The van der Waals surface area contributed by atoms with Crippen LogP contribution in [0.1, 0.15) is 13.8 Å². The summed E-state index contributed by atoms with van der Waals surface area (Å²) < 4.78 is 9.04. The summed E-state index contributed by atoms with van der Waals surface area (Å²) in [6, 6.07) is 0. The van der Waals surface area contributed by atoms with E-state index in [1.54, 1.807) is 6.92 Å². The maximum absolute atomic E-state index is 11.3. The summed E-state index contributed by atoms with van der Waals surface area (Å²) in [5.74, 6) is -1.51. The number of halogens is 1. The fraction of sp³-hybridized carbons (Fsp3) is 0.375. The number of hydrogen-bond acceptors (Lipinski definition) is 8. The molecular weight excluding hydrogens is 254 g/mol. The molecule has 0 fully saturated rings. The number of aromatic nitrogens is 2. The van der Waals surface area contributed by atoms with Gasteiger partial charge in [0.1, 0.15) is 0 Å². The van der Waals surface area contributed by atoms with Crippen molar-refractivity contribution < 1.29 is 23.7 Å². The molecular formula is C8H8ClN3O5. The van der Waals surface area contributed by atoms with Crippen LogP contribution >= 0.6 is 11.6 Å². The molecule has 0 aliphatic heterocycles. The Morgan fingerprint density at radius 1 is 1.53 bits per heavy atom. The molecule has 0 unspecified atom stereocenters. The Kier molecular flexibility index (Phi) is 4.58. The monoisotopic (exact) mass is 261 g/mol. The van der Waals surface area contributed by atoms with Gasteiger partial charge >= 0.3 is 12.0 Å². The molecule has 0 saturated carbocycles. The van der Waals surface area contributed by atoms with Gasteiger partial charge in [-0.15, -0.1) is 4.98 Å². The lowest BCUT2D eigenvalue weighted by molar-refractivity contribution is -0.135. The minimum Gasteiger partial charge on any atom is -0.461 e. The summed E-state index contributed by atoms with van der Waals surface area (Å²) in [6.45, 7) is 2.84. The number of carbonyl (C=O) groups is 2. The number of ether oxygens (including phenoxy) is 1. The summed E-state index contributed by atoms with van der Waals surface area (Å²) in [6.07, 6.45) is -0.391. The summed E-state index contributed by atoms with van der Waals surface area (Å²) in [5, 5.41) is 6.28. The fourth-order valence-electron chi connectivity index (χ4n) is 0.759. The smallest absolute Gasteiger partial charge is 0.445 e. The Hall–Kier alpha value is -1.96. The predicted molar refractivity (Wildman–Crippen MR) is 54.7 cm³/mol. The normalized spacial score (nSPS) is 11.1. The van der Waals surface area contributed by atoms with Crippen LogP contribution in [0.5, 0.6) is 6.08 Å². The predicted octanol–water partition coefficient (Wildman–Crippen LogP) is 0.610. The van der Waals surface area contributed by atoms with Gasteiger partial charge in [0, 0.05) is 6.92 Å². The molecule has 9 heteroatoms. The second-order valence-electron chi connectivity index (χ2n) is 2.64. The molecule has 0 aliphatic carbocycles. The van der Waals surface area contributed by atoms with Gasteiger partial charge in [0.25, 0.3) is 5.28 Å². The van der Waals surface area contributed by atoms with Crippen LogP contribution in [0.15, 0.2) is 9.68 Å². The third kappa shape index (κ3) is 3.83. The molecule has 1 rings (SSSR count). The van der Waals surface area contributed by atoms with Gasteiger partial charge in [-0.25, -0.2) is 4.79 Å². The molecule has 17 heavy (non-hydrogen) atoms. The Morgan fingerprint density at radius 2 is 2.24 bits per heavy atom. The van der Waals surface area contributed by atoms with Crippen LogP contribution in [0.2, 0.25) is 5.28 Å². The van der Waals surface area contributed by atoms with Crippen molar-refractivity contribution >= 4 is 29.1 Å². The van der Waals surface area contributed by atoms with Crippen LogP contribution in [0, 0.1) is 0 Å². The van der Waals surface area contributed by atoms with Gasteiger partial charge in [-0.2, -0.15) is 0 Å². The van der Waals surface area contributed by atoms with Gasteiger partial charge in [0.05, 0.1) is 6.61 Å². The molecule has 0 atom stereocenters. The van der Waals surface area contributed by atoms with Crippen LogP contribution in [0.4, 0.5) is 0 Å². The van der Waals surface area contributed by atoms with Crippen molar-refractivity contribution in [2.45, 2.75) is 13.8 Å². The van der Waals surface area contributed by atoms with Crippen molar-refractivity contribution in [3.05, 3.63) is 5.28 Å². The first-order valence-corrected chi connectivity index (χ1v) is 4.84. The molecule has 1 aromatic heterocycles. The van der Waals surface area contributed by atoms with Gasteiger partial charge < -0.3 is 4.74 Å². The first-order chi connectivity index (χ1) is 8.04. The van der Waals surface area contributed by atoms with Crippen molar-refractivity contribution in [1.82, 2.24) is 10.1 Å². The highest BCUT2D eigenvalue weighted by atomic mass is 35.5. The number of esters is 1. The number of carbonyl (C=O) groups excluding carboxylic acids is 2. The Morgan fingerprint density at radius 3 is 2.71 bits per heavy atom. The summed E-state index contributed by atoms with van der Waals surface area (Å²) in [4.78, 5) is 30.3. The molecule has 92 valence electrons. The second-order valence-corrected chi connectivity index (χ2v) is 2.98. The number of Topliss-reactive ketones (excluding diaryl/α,β-unsaturated/α-hetero) is 1. The van der Waals surface area contributed by atoms with Crippen molar-refractivity contribution in [2.24, 2.45) is 5.16 Å². The number of rotatable bonds is 5. The van der Waals surface area contributed by atoms with E-state index < -0.39 is 23.5 Å². The van der Waals surface area contributed by atoms with E-state index in [1.165, 1.54) is 0 Å². The number of oxime groups is 1. The van der Waals surface area contributed by atoms with Crippen molar-refractivity contribution in [3.63, 3.8) is 0 Å². The third-order valence-electron chi connectivity index (χ3n) is 1.40. The Bertz CT molecular complexity index is 456. The zero-order valence-electron chi connectivity index (χ0n) is 8.97. The topological polar surface area (TPSA) is 104 Å². The zero-order valence-corrected chi connectivity index (χ0v) is 9.72. The Labute approximate surface area is 101 Å². The van der Waals surface area contributed by atoms with E-state index in [9.17, 15) is 9.59 Å². The quantitative estimate of drug-likeness (QED) is 0.331. The van der Waals surface area contributed by atoms with Gasteiger partial charge in [-0.05, 0) is 23.7 Å². The van der Waals surface area contributed by atoms with E-state index in [0.717, 1.165) is 6.92 Å². The highest BCUT2D eigenvalue weighted by Crippen LogP contribution is 2.10. The average molecular weight is 262 g/mol. The number of ketones is 1. The molecule has 8 nitrogen and oxygen atoms in total. The van der Waals surface area contributed by atoms with Gasteiger partial charge in [-0.1, -0.05) is 5.16 Å². The molecule has 0 aliphatic rings. The van der Waals surface area contributed by atoms with Crippen molar-refractivity contribution in [2.75, 3.05) is 6.61 Å². The molecule has 0 bridgehead atoms. The van der Waals surface area contributed by atoms with Gasteiger partial charge in [0.2, 0.25) is 5.71 Å². The highest BCUT2D eigenvalue weighted by molar-refractivity contribution is 6.63. The average Bonchev–Trinajstić information content (AvgIpc) is 2.64. The maximum Gasteiger partial charge on any atom is 0.445 e. The summed E-state index contributed by atoms with van der Waals surface area (Å²) in [5.41, 5.74) is -0.513. The van der Waals surface area contributed by atoms with E-state index >= 15 is 0 Å². The minimum absolute atomic E-state index is 0.109. The van der Waals surface area contributed by atoms with Crippen LogP contribution < -0.4 is 4.84 Å². The van der Waals surface area contributed by atoms with Crippen LogP contribution in [-0.2, 0) is 14.3 Å². The molecule has 1 aromatic rings. The second kappa shape index (κ2) is 5.94. The van der Waals surface area contributed by atoms with Crippen LogP contribution in [0.25, 0.3) is 0 Å². The van der Waals surface area contributed by atoms with E-state index in [0.29, 0.717) is 0 Å². The van der Waals surface area contributed by atoms with Crippen molar-refractivity contribution in [1.29, 1.82) is 0 Å². The van der Waals surface area contributed by atoms with E-state index in [4.69, 9.17) is 11.6 Å². The maximum atomic E-state index is 11.3. The van der Waals surface area contributed by atoms with Crippen LogP contribution in [0.3, 0.4) is 0 Å². The highest BCUT2D eigenvalue weighted by Gasteiger charge is 2.19. The third-order valence-corrected chi connectivity index (χ3v) is 1.55. The lowest BCUT2D eigenvalue weighted by atomic mass is 10.3. The van der Waals surface area contributed by atoms with E-state index in [-0.39, 0.29) is 11.9 Å². The SMILES string of the molecule is CCOC(=O)C(=NOc1nc(Cl)no1)C(C)=O. The molecule has 0 amide bonds. The number of nitrogens with zero attached hydrogens (tertiary/aromatic N) is 3. The molecule has 0 saturated heterocycles. The zero-order chi connectivity index (χ0) is 12.8.